The molecular formula is C26H24ClN5O3. The molecule has 0 radical (unpaired) electrons. The number of hydrogen-bond acceptors (Lipinski definition) is 8. The maximum Gasteiger partial charge on any atom is 0.234 e. The Hall–Kier alpha value is -3.62. The van der Waals surface area contributed by atoms with Crippen LogP contribution in [0.25, 0.3) is 22.4 Å². The van der Waals surface area contributed by atoms with E-state index in [9.17, 15) is 0 Å². The molecule has 0 amide bonds. The zero-order chi connectivity index (χ0) is 24.0. The predicted octanol–water partition coefficient (Wildman–Crippen LogP) is 5.86. The largest absolute Gasteiger partial charge is 0.488 e. The van der Waals surface area contributed by atoms with Crippen molar-refractivity contribution in [2.75, 3.05) is 13.2 Å². The zero-order valence-corrected chi connectivity index (χ0v) is 20.0. The van der Waals surface area contributed by atoms with Crippen LogP contribution < -0.4 is 0 Å². The molecule has 5 rings (SSSR count). The van der Waals surface area contributed by atoms with Gasteiger partial charge in [0.25, 0.3) is 0 Å². The first-order valence-electron chi connectivity index (χ1n) is 11.5. The number of nitrogens with zero attached hydrogens (tertiary/aromatic N) is 5. The Balaban J connectivity index is 1.49. The average molecular weight is 490 g/mol. The molecule has 2 aliphatic rings. The lowest BCUT2D eigenvalue weighted by molar-refractivity contribution is 0.128. The smallest absolute Gasteiger partial charge is 0.234 e. The van der Waals surface area contributed by atoms with Crippen LogP contribution in [0.3, 0.4) is 0 Å². The van der Waals surface area contributed by atoms with Crippen molar-refractivity contribution in [3.8, 4) is 11.4 Å². The van der Waals surface area contributed by atoms with Crippen LogP contribution in [0.2, 0.25) is 5.02 Å². The summed E-state index contributed by atoms with van der Waals surface area (Å²) in [6, 6.07) is 7.25. The second kappa shape index (κ2) is 10.8. The van der Waals surface area contributed by atoms with Gasteiger partial charge in [-0.2, -0.15) is 4.99 Å². The molecule has 0 N–H and O–H groups in total. The molecule has 0 atom stereocenters. The van der Waals surface area contributed by atoms with Gasteiger partial charge >= 0.3 is 0 Å². The van der Waals surface area contributed by atoms with Gasteiger partial charge in [0.1, 0.15) is 24.3 Å². The quantitative estimate of drug-likeness (QED) is 0.410. The molecule has 1 aliphatic carbocycles. The number of aromatic nitrogens is 4. The van der Waals surface area contributed by atoms with Crippen molar-refractivity contribution in [2.45, 2.75) is 32.8 Å². The van der Waals surface area contributed by atoms with Crippen LogP contribution >= 0.6 is 11.6 Å². The Morgan fingerprint density at radius 3 is 2.94 bits per heavy atom. The highest BCUT2D eigenvalue weighted by Gasteiger charge is 2.18. The van der Waals surface area contributed by atoms with Crippen molar-refractivity contribution in [2.24, 2.45) is 4.99 Å². The summed E-state index contributed by atoms with van der Waals surface area (Å²) in [5.41, 5.74) is 2.96. The molecule has 0 fully saturated rings. The van der Waals surface area contributed by atoms with Crippen LogP contribution in [0, 0.1) is 0 Å². The van der Waals surface area contributed by atoms with E-state index in [1.807, 2.05) is 19.1 Å². The first-order valence-corrected chi connectivity index (χ1v) is 11.8. The van der Waals surface area contributed by atoms with Gasteiger partial charge in [-0.15, -0.1) is 0 Å². The van der Waals surface area contributed by atoms with Crippen molar-refractivity contribution >= 4 is 34.3 Å². The molecule has 0 saturated heterocycles. The first-order chi connectivity index (χ1) is 17.2. The maximum atomic E-state index is 6.33. The molecule has 0 spiro atoms. The van der Waals surface area contributed by atoms with Crippen LogP contribution in [-0.4, -0.2) is 39.0 Å². The van der Waals surface area contributed by atoms with E-state index in [0.717, 1.165) is 18.6 Å². The van der Waals surface area contributed by atoms with E-state index < -0.39 is 0 Å². The summed E-state index contributed by atoms with van der Waals surface area (Å²) in [5, 5.41) is 1.19. The highest BCUT2D eigenvalue weighted by molar-refractivity contribution is 6.32. The first kappa shape index (κ1) is 23.1. The molecule has 178 valence electrons. The van der Waals surface area contributed by atoms with Crippen molar-refractivity contribution < 1.29 is 14.2 Å². The normalized spacial score (nSPS) is 16.6. The Labute approximate surface area is 208 Å². The molecular weight excluding hydrogens is 466 g/mol. The van der Waals surface area contributed by atoms with Gasteiger partial charge in [-0.05, 0) is 44.0 Å². The Morgan fingerprint density at radius 1 is 1.17 bits per heavy atom. The molecule has 35 heavy (non-hydrogen) atoms. The summed E-state index contributed by atoms with van der Waals surface area (Å²) < 4.78 is 17.2. The third-order valence-electron chi connectivity index (χ3n) is 5.42. The minimum atomic E-state index is 0.212. The number of fused-ring (bicyclic) bond motifs is 1. The number of halogens is 1. The molecule has 1 aliphatic heterocycles. The fourth-order valence-electron chi connectivity index (χ4n) is 3.77. The van der Waals surface area contributed by atoms with Crippen molar-refractivity contribution in [1.82, 2.24) is 19.9 Å². The lowest BCUT2D eigenvalue weighted by atomic mass is 10.0. The SMILES string of the molecule is CCOCc1nc(N=C2COC=C(CC3=CC=CCC3)O2)c2ccc(-c3ncccc3Cl)nc2n1. The predicted molar refractivity (Wildman–Crippen MR) is 134 cm³/mol. The molecule has 0 unspecified atom stereocenters. The van der Waals surface area contributed by atoms with Crippen LogP contribution in [-0.2, 0) is 20.8 Å². The summed E-state index contributed by atoms with van der Waals surface area (Å²) in [5.74, 6) is 2.06. The summed E-state index contributed by atoms with van der Waals surface area (Å²) >= 11 is 6.33. The monoisotopic (exact) mass is 489 g/mol. The van der Waals surface area contributed by atoms with Crippen molar-refractivity contribution in [1.29, 1.82) is 0 Å². The second-order valence-corrected chi connectivity index (χ2v) is 8.38. The second-order valence-electron chi connectivity index (χ2n) is 7.97. The fourth-order valence-corrected chi connectivity index (χ4v) is 3.99. The standard InChI is InChI=1S/C26H24ClN5O3/c1-2-33-15-22-30-25-19(10-11-21(29-25)24-20(27)9-6-12-28-24)26(31-22)32-23-16-34-14-18(35-23)13-17-7-4-3-5-8-17/h3-4,6-7,9-12,14H,2,5,8,13,15-16H2,1H3. The van der Waals surface area contributed by atoms with Gasteiger partial charge in [0.05, 0.1) is 16.1 Å². The van der Waals surface area contributed by atoms with Crippen molar-refractivity contribution in [3.63, 3.8) is 0 Å². The van der Waals surface area contributed by atoms with E-state index in [-0.39, 0.29) is 13.2 Å². The van der Waals surface area contributed by atoms with Gasteiger partial charge in [0, 0.05) is 19.2 Å². The third kappa shape index (κ3) is 5.55. The highest BCUT2D eigenvalue weighted by atomic mass is 35.5. The lowest BCUT2D eigenvalue weighted by Crippen LogP contribution is -2.17. The summed E-state index contributed by atoms with van der Waals surface area (Å²) in [7, 11) is 0. The van der Waals surface area contributed by atoms with E-state index in [1.165, 1.54) is 5.57 Å². The van der Waals surface area contributed by atoms with E-state index in [4.69, 9.17) is 30.8 Å². The van der Waals surface area contributed by atoms with Gasteiger partial charge in [-0.1, -0.05) is 35.4 Å². The highest BCUT2D eigenvalue weighted by Crippen LogP contribution is 2.29. The molecule has 0 bridgehead atoms. The van der Waals surface area contributed by atoms with Gasteiger partial charge in [0.15, 0.2) is 23.9 Å². The van der Waals surface area contributed by atoms with E-state index in [0.29, 0.717) is 58.0 Å². The fraction of sp³-hybridized carbons (Fsp3) is 0.269. The minimum Gasteiger partial charge on any atom is -0.488 e. The molecule has 3 aromatic heterocycles. The minimum absolute atomic E-state index is 0.212. The number of hydrogen-bond donors (Lipinski definition) is 0. The molecule has 4 heterocycles. The van der Waals surface area contributed by atoms with Gasteiger partial charge in [0.2, 0.25) is 5.90 Å². The number of rotatable bonds is 7. The lowest BCUT2D eigenvalue weighted by Gasteiger charge is -2.19. The number of pyridine rings is 2. The maximum absolute atomic E-state index is 6.33. The van der Waals surface area contributed by atoms with Crippen LogP contribution in [0.4, 0.5) is 5.82 Å². The van der Waals surface area contributed by atoms with E-state index in [1.54, 1.807) is 24.6 Å². The van der Waals surface area contributed by atoms with Crippen LogP contribution in [0.1, 0.15) is 32.0 Å². The molecule has 3 aromatic rings. The average Bonchev–Trinajstić information content (AvgIpc) is 2.88. The number of aliphatic imine (C=N–C) groups is 1. The third-order valence-corrected chi connectivity index (χ3v) is 5.73. The zero-order valence-electron chi connectivity index (χ0n) is 19.3. The van der Waals surface area contributed by atoms with E-state index in [2.05, 4.69) is 38.2 Å². The van der Waals surface area contributed by atoms with Gasteiger partial charge in [-0.25, -0.2) is 15.0 Å². The van der Waals surface area contributed by atoms with Gasteiger partial charge < -0.3 is 14.2 Å². The van der Waals surface area contributed by atoms with Crippen molar-refractivity contribution in [3.05, 3.63) is 77.1 Å². The Bertz CT molecular complexity index is 1370. The van der Waals surface area contributed by atoms with Crippen LogP contribution in [0.15, 0.2) is 71.3 Å². The number of allylic oxidation sites excluding steroid dienone is 4. The molecule has 8 nitrogen and oxygen atoms in total. The summed E-state index contributed by atoms with van der Waals surface area (Å²) in [6.07, 6.45) is 12.4. The van der Waals surface area contributed by atoms with Gasteiger partial charge in [-0.3, -0.25) is 4.98 Å². The number of ether oxygens (including phenoxy) is 3. The molecule has 9 heteroatoms. The Morgan fingerprint density at radius 2 is 2.11 bits per heavy atom. The molecule has 0 saturated carbocycles. The molecule has 0 aromatic carbocycles. The van der Waals surface area contributed by atoms with Crippen LogP contribution in [0.5, 0.6) is 0 Å². The Kier molecular flexibility index (Phi) is 7.11. The topological polar surface area (TPSA) is 91.6 Å². The summed E-state index contributed by atoms with van der Waals surface area (Å²) in [4.78, 5) is 22.9. The summed E-state index contributed by atoms with van der Waals surface area (Å²) in [6.45, 7) is 2.91. The van der Waals surface area contributed by atoms with E-state index >= 15 is 0 Å².